The number of aromatic nitrogens is 4. The van der Waals surface area contributed by atoms with Crippen molar-refractivity contribution in [2.75, 3.05) is 5.73 Å². The van der Waals surface area contributed by atoms with Gasteiger partial charge in [-0.2, -0.15) is 0 Å². The van der Waals surface area contributed by atoms with E-state index in [2.05, 4.69) is 21.0 Å². The molecule has 0 radical (unpaired) electrons. The number of hydrogen-bond donors (Lipinski definition) is 1. The van der Waals surface area contributed by atoms with Crippen molar-refractivity contribution in [3.63, 3.8) is 0 Å². The molecular weight excluding hydrogens is 254 g/mol. The molecule has 1 aliphatic rings. The van der Waals surface area contributed by atoms with Crippen LogP contribution in [0.5, 0.6) is 5.75 Å². The Morgan fingerprint density at radius 1 is 1.25 bits per heavy atom. The lowest BCUT2D eigenvalue weighted by Crippen LogP contribution is -2.20. The average Bonchev–Trinajstić information content (AvgIpc) is 3.04. The van der Waals surface area contributed by atoms with E-state index in [4.69, 9.17) is 10.5 Å². The summed E-state index contributed by atoms with van der Waals surface area (Å²) in [6.07, 6.45) is 4.19. The van der Waals surface area contributed by atoms with Gasteiger partial charge in [-0.1, -0.05) is 18.2 Å². The topological polar surface area (TPSA) is 78.9 Å². The standard InChI is InChI=1S/C14H13N5O/c15-13-12-14(17-7-16-13)19(8-18-12)6-10-5-9-3-1-2-4-11(9)20-10/h1-4,7-8,10H,5-6H2,(H2,15,16,17). The number of nitrogen functional groups attached to an aromatic ring is 1. The SMILES string of the molecule is Nc1ncnc2c1ncn2CC1Cc2ccccc2O1. The third kappa shape index (κ3) is 1.69. The molecule has 1 aliphatic heterocycles. The van der Waals surface area contributed by atoms with Gasteiger partial charge in [-0.25, -0.2) is 15.0 Å². The maximum Gasteiger partial charge on any atom is 0.165 e. The minimum Gasteiger partial charge on any atom is -0.488 e. The lowest BCUT2D eigenvalue weighted by Gasteiger charge is -2.11. The maximum atomic E-state index is 5.94. The van der Waals surface area contributed by atoms with Crippen molar-refractivity contribution in [3.05, 3.63) is 42.5 Å². The zero-order valence-electron chi connectivity index (χ0n) is 10.7. The molecule has 0 amide bonds. The molecule has 6 heteroatoms. The molecular formula is C14H13N5O. The summed E-state index contributed by atoms with van der Waals surface area (Å²) in [6, 6.07) is 8.12. The quantitative estimate of drug-likeness (QED) is 0.759. The molecule has 0 fully saturated rings. The minimum atomic E-state index is 0.0981. The van der Waals surface area contributed by atoms with Crippen molar-refractivity contribution < 1.29 is 4.74 Å². The molecule has 3 aromatic rings. The summed E-state index contributed by atoms with van der Waals surface area (Å²) in [5.74, 6) is 1.38. The third-order valence-electron chi connectivity index (χ3n) is 3.54. The third-order valence-corrected chi connectivity index (χ3v) is 3.54. The van der Waals surface area contributed by atoms with Gasteiger partial charge in [-0.15, -0.1) is 0 Å². The molecule has 20 heavy (non-hydrogen) atoms. The summed E-state index contributed by atoms with van der Waals surface area (Å²) in [6.45, 7) is 0.696. The van der Waals surface area contributed by atoms with Crippen molar-refractivity contribution in [2.24, 2.45) is 0 Å². The zero-order valence-corrected chi connectivity index (χ0v) is 10.7. The van der Waals surface area contributed by atoms with Crippen LogP contribution in [0, 0.1) is 0 Å². The van der Waals surface area contributed by atoms with E-state index >= 15 is 0 Å². The van der Waals surface area contributed by atoms with Gasteiger partial charge in [0.25, 0.3) is 0 Å². The summed E-state index contributed by atoms with van der Waals surface area (Å²) in [5.41, 5.74) is 8.42. The predicted octanol–water partition coefficient (Wildman–Crippen LogP) is 1.41. The number of ether oxygens (including phenoxy) is 1. The molecule has 0 bridgehead atoms. The Kier molecular flexibility index (Phi) is 2.35. The van der Waals surface area contributed by atoms with E-state index < -0.39 is 0 Å². The first-order valence-electron chi connectivity index (χ1n) is 6.47. The fraction of sp³-hybridized carbons (Fsp3) is 0.214. The highest BCUT2D eigenvalue weighted by atomic mass is 16.5. The minimum absolute atomic E-state index is 0.0981. The van der Waals surface area contributed by atoms with E-state index in [9.17, 15) is 0 Å². The molecule has 0 saturated carbocycles. The second-order valence-electron chi connectivity index (χ2n) is 4.88. The number of benzene rings is 1. The summed E-state index contributed by atoms with van der Waals surface area (Å²) < 4.78 is 7.90. The number of hydrogen-bond acceptors (Lipinski definition) is 5. The normalized spacial score (nSPS) is 17.1. The molecule has 1 atom stereocenters. The van der Waals surface area contributed by atoms with Crippen LogP contribution in [0.3, 0.4) is 0 Å². The predicted molar refractivity (Wildman–Crippen MR) is 74.3 cm³/mol. The Hall–Kier alpha value is -2.63. The van der Waals surface area contributed by atoms with E-state index in [1.807, 2.05) is 22.8 Å². The fourth-order valence-corrected chi connectivity index (χ4v) is 2.61. The van der Waals surface area contributed by atoms with Gasteiger partial charge < -0.3 is 15.0 Å². The van der Waals surface area contributed by atoms with Gasteiger partial charge in [0.1, 0.15) is 23.7 Å². The number of nitrogens with zero attached hydrogens (tertiary/aromatic N) is 4. The van der Waals surface area contributed by atoms with Gasteiger partial charge in [-0.05, 0) is 11.6 Å². The highest BCUT2D eigenvalue weighted by Gasteiger charge is 2.23. The van der Waals surface area contributed by atoms with E-state index in [0.717, 1.165) is 17.8 Å². The lowest BCUT2D eigenvalue weighted by atomic mass is 10.1. The maximum absolute atomic E-state index is 5.94. The van der Waals surface area contributed by atoms with Crippen LogP contribution in [0.25, 0.3) is 11.2 Å². The van der Waals surface area contributed by atoms with Crippen LogP contribution in [0.4, 0.5) is 5.82 Å². The second kappa shape index (κ2) is 4.19. The van der Waals surface area contributed by atoms with Gasteiger partial charge >= 0.3 is 0 Å². The lowest BCUT2D eigenvalue weighted by molar-refractivity contribution is 0.210. The highest BCUT2D eigenvalue weighted by Crippen LogP contribution is 2.29. The van der Waals surface area contributed by atoms with Gasteiger partial charge in [-0.3, -0.25) is 0 Å². The average molecular weight is 267 g/mol. The van der Waals surface area contributed by atoms with Gasteiger partial charge in [0.05, 0.1) is 12.9 Å². The molecule has 0 saturated heterocycles. The van der Waals surface area contributed by atoms with Gasteiger partial charge in [0, 0.05) is 6.42 Å². The van der Waals surface area contributed by atoms with Crippen LogP contribution in [0.15, 0.2) is 36.9 Å². The van der Waals surface area contributed by atoms with Crippen LogP contribution in [0.1, 0.15) is 5.56 Å². The number of imidazole rings is 1. The van der Waals surface area contributed by atoms with Crippen molar-refractivity contribution in [1.82, 2.24) is 19.5 Å². The largest absolute Gasteiger partial charge is 0.488 e. The first kappa shape index (κ1) is 11.2. The molecule has 1 aromatic carbocycles. The number of rotatable bonds is 2. The van der Waals surface area contributed by atoms with E-state index in [-0.39, 0.29) is 6.10 Å². The Balaban J connectivity index is 1.62. The monoisotopic (exact) mass is 267 g/mol. The smallest absolute Gasteiger partial charge is 0.165 e. The molecule has 1 unspecified atom stereocenters. The molecule has 100 valence electrons. The summed E-state index contributed by atoms with van der Waals surface area (Å²) in [4.78, 5) is 12.5. The number of nitrogens with two attached hydrogens (primary N) is 1. The molecule has 6 nitrogen and oxygen atoms in total. The summed E-state index contributed by atoms with van der Waals surface area (Å²) in [7, 11) is 0. The second-order valence-corrected chi connectivity index (χ2v) is 4.88. The van der Waals surface area contributed by atoms with Crippen LogP contribution in [-0.4, -0.2) is 25.6 Å². The van der Waals surface area contributed by atoms with Crippen LogP contribution >= 0.6 is 0 Å². The number of anilines is 1. The molecule has 3 heterocycles. The van der Waals surface area contributed by atoms with Crippen LogP contribution < -0.4 is 10.5 Å². The molecule has 4 rings (SSSR count). The van der Waals surface area contributed by atoms with E-state index in [1.54, 1.807) is 6.33 Å². The van der Waals surface area contributed by atoms with Crippen molar-refractivity contribution in [1.29, 1.82) is 0 Å². The highest BCUT2D eigenvalue weighted by molar-refractivity contribution is 5.81. The first-order chi connectivity index (χ1) is 9.81. The summed E-state index contributed by atoms with van der Waals surface area (Å²) >= 11 is 0. The summed E-state index contributed by atoms with van der Waals surface area (Å²) in [5, 5.41) is 0. The number of para-hydroxylation sites is 1. The fourth-order valence-electron chi connectivity index (χ4n) is 2.61. The van der Waals surface area contributed by atoms with Crippen LogP contribution in [0.2, 0.25) is 0 Å². The molecule has 0 spiro atoms. The van der Waals surface area contributed by atoms with Crippen molar-refractivity contribution in [2.45, 2.75) is 19.1 Å². The molecule has 2 N–H and O–H groups in total. The number of fused-ring (bicyclic) bond motifs is 2. The Morgan fingerprint density at radius 2 is 2.15 bits per heavy atom. The van der Waals surface area contributed by atoms with Gasteiger partial charge in [0.15, 0.2) is 11.5 Å². The Morgan fingerprint density at radius 3 is 3.05 bits per heavy atom. The van der Waals surface area contributed by atoms with Crippen LogP contribution in [-0.2, 0) is 13.0 Å². The van der Waals surface area contributed by atoms with E-state index in [0.29, 0.717) is 17.9 Å². The van der Waals surface area contributed by atoms with Gasteiger partial charge in [0.2, 0.25) is 0 Å². The molecule has 2 aromatic heterocycles. The van der Waals surface area contributed by atoms with E-state index in [1.165, 1.54) is 11.9 Å². The Bertz CT molecular complexity index is 757. The van der Waals surface area contributed by atoms with Crippen molar-refractivity contribution >= 4 is 17.0 Å². The van der Waals surface area contributed by atoms with Crippen molar-refractivity contribution in [3.8, 4) is 5.75 Å². The molecule has 0 aliphatic carbocycles. The first-order valence-corrected chi connectivity index (χ1v) is 6.47. The Labute approximate surface area is 115 Å². The zero-order chi connectivity index (χ0) is 13.5.